The first kappa shape index (κ1) is 15.2. The number of aryl methyl sites for hydroxylation is 2. The van der Waals surface area contributed by atoms with Crippen LogP contribution in [0.3, 0.4) is 0 Å². The third-order valence-corrected chi connectivity index (χ3v) is 4.05. The lowest BCUT2D eigenvalue weighted by molar-refractivity contribution is 0.547. The first-order chi connectivity index (χ1) is 9.49. The summed E-state index contributed by atoms with van der Waals surface area (Å²) in [4.78, 5) is 0. The smallest absolute Gasteiger partial charge is 0.123 e. The van der Waals surface area contributed by atoms with E-state index in [1.807, 2.05) is 0 Å². The van der Waals surface area contributed by atoms with Gasteiger partial charge >= 0.3 is 0 Å². The molecule has 20 heavy (non-hydrogen) atoms. The molecule has 0 aliphatic heterocycles. The fourth-order valence-electron chi connectivity index (χ4n) is 2.40. The highest BCUT2D eigenvalue weighted by Gasteiger charge is 2.14. The van der Waals surface area contributed by atoms with Gasteiger partial charge in [-0.2, -0.15) is 0 Å². The summed E-state index contributed by atoms with van der Waals surface area (Å²) in [6.45, 7) is 4.12. The lowest BCUT2D eigenvalue weighted by Gasteiger charge is -2.18. The summed E-state index contributed by atoms with van der Waals surface area (Å²) in [5, 5.41) is 0. The SMILES string of the molecule is Cc1cc(C)cc(C(Cc2cc(F)ccc2Br)NN)c1. The minimum atomic E-state index is -0.237. The lowest BCUT2D eigenvalue weighted by Crippen LogP contribution is -2.29. The number of hydrogen-bond donors (Lipinski definition) is 2. The molecule has 4 heteroatoms. The first-order valence-electron chi connectivity index (χ1n) is 6.48. The van der Waals surface area contributed by atoms with Crippen molar-refractivity contribution in [3.05, 3.63) is 68.9 Å². The second-order valence-corrected chi connectivity index (χ2v) is 5.93. The molecule has 2 rings (SSSR count). The summed E-state index contributed by atoms with van der Waals surface area (Å²) in [7, 11) is 0. The Morgan fingerprint density at radius 1 is 1.15 bits per heavy atom. The minimum absolute atomic E-state index is 0.0494. The van der Waals surface area contributed by atoms with E-state index in [1.54, 1.807) is 6.07 Å². The van der Waals surface area contributed by atoms with Crippen molar-refractivity contribution >= 4 is 15.9 Å². The van der Waals surface area contributed by atoms with Gasteiger partial charge in [0, 0.05) is 4.47 Å². The molecular formula is C16H18BrFN2. The fraction of sp³-hybridized carbons (Fsp3) is 0.250. The first-order valence-corrected chi connectivity index (χ1v) is 7.27. The van der Waals surface area contributed by atoms with E-state index in [-0.39, 0.29) is 11.9 Å². The Bertz CT molecular complexity index is 593. The molecule has 0 fully saturated rings. The van der Waals surface area contributed by atoms with Gasteiger partial charge in [-0.25, -0.2) is 4.39 Å². The highest BCUT2D eigenvalue weighted by molar-refractivity contribution is 9.10. The standard InChI is InChI=1S/C16H18BrFN2/c1-10-5-11(2)7-13(6-10)16(20-19)9-12-8-14(18)3-4-15(12)17/h3-8,16,20H,9,19H2,1-2H3. The molecule has 0 aliphatic rings. The fourth-order valence-corrected chi connectivity index (χ4v) is 2.81. The van der Waals surface area contributed by atoms with Crippen LogP contribution in [0, 0.1) is 19.7 Å². The Morgan fingerprint density at radius 3 is 2.40 bits per heavy atom. The monoisotopic (exact) mass is 336 g/mol. The third-order valence-electron chi connectivity index (χ3n) is 3.28. The molecule has 2 aromatic rings. The Morgan fingerprint density at radius 2 is 1.80 bits per heavy atom. The van der Waals surface area contributed by atoms with Crippen LogP contribution in [0.5, 0.6) is 0 Å². The van der Waals surface area contributed by atoms with Crippen molar-refractivity contribution in [3.8, 4) is 0 Å². The van der Waals surface area contributed by atoms with Crippen LogP contribution < -0.4 is 11.3 Å². The summed E-state index contributed by atoms with van der Waals surface area (Å²) in [5.74, 6) is 5.45. The van der Waals surface area contributed by atoms with Gasteiger partial charge in [0.1, 0.15) is 5.82 Å². The molecular weight excluding hydrogens is 319 g/mol. The Balaban J connectivity index is 2.30. The van der Waals surface area contributed by atoms with E-state index in [0.29, 0.717) is 6.42 Å². The van der Waals surface area contributed by atoms with E-state index in [0.717, 1.165) is 15.6 Å². The molecule has 1 unspecified atom stereocenters. The predicted molar refractivity (Wildman–Crippen MR) is 83.8 cm³/mol. The normalized spacial score (nSPS) is 12.4. The van der Waals surface area contributed by atoms with E-state index < -0.39 is 0 Å². The van der Waals surface area contributed by atoms with Crippen molar-refractivity contribution in [1.82, 2.24) is 5.43 Å². The van der Waals surface area contributed by atoms with Crippen molar-refractivity contribution in [2.75, 3.05) is 0 Å². The maximum absolute atomic E-state index is 13.4. The van der Waals surface area contributed by atoms with Gasteiger partial charge in [-0.05, 0) is 49.6 Å². The molecule has 0 aliphatic carbocycles. The van der Waals surface area contributed by atoms with Gasteiger partial charge in [0.15, 0.2) is 0 Å². The van der Waals surface area contributed by atoms with E-state index in [2.05, 4.69) is 53.4 Å². The quantitative estimate of drug-likeness (QED) is 0.655. The van der Waals surface area contributed by atoms with Gasteiger partial charge in [-0.1, -0.05) is 45.3 Å². The van der Waals surface area contributed by atoms with Crippen LogP contribution in [0.1, 0.15) is 28.3 Å². The number of nitrogens with two attached hydrogens (primary N) is 1. The van der Waals surface area contributed by atoms with Crippen LogP contribution >= 0.6 is 15.9 Å². The molecule has 0 saturated carbocycles. The predicted octanol–water partition coefficient (Wildman–Crippen LogP) is 3.95. The van der Waals surface area contributed by atoms with Gasteiger partial charge in [0.25, 0.3) is 0 Å². The zero-order chi connectivity index (χ0) is 14.7. The van der Waals surface area contributed by atoms with Gasteiger partial charge in [0.2, 0.25) is 0 Å². The average molecular weight is 337 g/mol. The summed E-state index contributed by atoms with van der Waals surface area (Å²) in [6.07, 6.45) is 0.623. The van der Waals surface area contributed by atoms with Gasteiger partial charge in [-0.3, -0.25) is 11.3 Å². The molecule has 106 valence electrons. The topological polar surface area (TPSA) is 38.0 Å². The van der Waals surface area contributed by atoms with E-state index in [9.17, 15) is 4.39 Å². The molecule has 2 aromatic carbocycles. The summed E-state index contributed by atoms with van der Waals surface area (Å²) in [5.41, 5.74) is 7.22. The molecule has 0 radical (unpaired) electrons. The zero-order valence-electron chi connectivity index (χ0n) is 11.6. The van der Waals surface area contributed by atoms with Crippen LogP contribution in [-0.2, 0) is 6.42 Å². The lowest BCUT2D eigenvalue weighted by atomic mass is 9.96. The third kappa shape index (κ3) is 3.66. The van der Waals surface area contributed by atoms with Gasteiger partial charge < -0.3 is 0 Å². The number of benzene rings is 2. The van der Waals surface area contributed by atoms with Gasteiger partial charge in [0.05, 0.1) is 6.04 Å². The average Bonchev–Trinajstić information content (AvgIpc) is 2.38. The van der Waals surface area contributed by atoms with Crippen LogP contribution in [-0.4, -0.2) is 0 Å². The second kappa shape index (κ2) is 6.48. The highest BCUT2D eigenvalue weighted by atomic mass is 79.9. The Labute approximate surface area is 127 Å². The highest BCUT2D eigenvalue weighted by Crippen LogP contribution is 2.25. The van der Waals surface area contributed by atoms with Crippen molar-refractivity contribution in [1.29, 1.82) is 0 Å². The van der Waals surface area contributed by atoms with Crippen LogP contribution in [0.4, 0.5) is 4.39 Å². The van der Waals surface area contributed by atoms with Crippen molar-refractivity contribution < 1.29 is 4.39 Å². The van der Waals surface area contributed by atoms with Crippen LogP contribution in [0.2, 0.25) is 0 Å². The Hall–Kier alpha value is -1.23. The Kier molecular flexibility index (Phi) is 4.91. The largest absolute Gasteiger partial charge is 0.271 e. The summed E-state index contributed by atoms with van der Waals surface area (Å²) in [6, 6.07) is 11.0. The maximum Gasteiger partial charge on any atom is 0.123 e. The van der Waals surface area contributed by atoms with Crippen molar-refractivity contribution in [3.63, 3.8) is 0 Å². The van der Waals surface area contributed by atoms with Crippen LogP contribution in [0.15, 0.2) is 40.9 Å². The minimum Gasteiger partial charge on any atom is -0.271 e. The number of rotatable bonds is 4. The molecule has 0 amide bonds. The molecule has 0 saturated heterocycles. The van der Waals surface area contributed by atoms with E-state index in [1.165, 1.54) is 23.3 Å². The van der Waals surface area contributed by atoms with E-state index in [4.69, 9.17) is 5.84 Å². The van der Waals surface area contributed by atoms with Gasteiger partial charge in [-0.15, -0.1) is 0 Å². The number of halogens is 2. The maximum atomic E-state index is 13.4. The number of nitrogens with one attached hydrogen (secondary N) is 1. The molecule has 0 spiro atoms. The summed E-state index contributed by atoms with van der Waals surface area (Å²) >= 11 is 3.45. The number of hydrazine groups is 1. The molecule has 0 aromatic heterocycles. The molecule has 0 bridgehead atoms. The number of hydrogen-bond acceptors (Lipinski definition) is 2. The van der Waals surface area contributed by atoms with Crippen LogP contribution in [0.25, 0.3) is 0 Å². The second-order valence-electron chi connectivity index (χ2n) is 5.08. The molecule has 3 N–H and O–H groups in total. The molecule has 0 heterocycles. The molecule has 2 nitrogen and oxygen atoms in total. The molecule has 1 atom stereocenters. The summed E-state index contributed by atoms with van der Waals surface area (Å²) < 4.78 is 14.3. The van der Waals surface area contributed by atoms with E-state index >= 15 is 0 Å². The zero-order valence-corrected chi connectivity index (χ0v) is 13.2. The van der Waals surface area contributed by atoms with Crippen molar-refractivity contribution in [2.24, 2.45) is 5.84 Å². The van der Waals surface area contributed by atoms with Crippen molar-refractivity contribution in [2.45, 2.75) is 26.3 Å².